The summed E-state index contributed by atoms with van der Waals surface area (Å²) in [5.41, 5.74) is 1.97. The second-order valence-electron chi connectivity index (χ2n) is 8.91. The van der Waals surface area contributed by atoms with E-state index in [2.05, 4.69) is 28.2 Å². The Kier molecular flexibility index (Phi) is 12.0. The van der Waals surface area contributed by atoms with Gasteiger partial charge in [0.1, 0.15) is 11.8 Å². The van der Waals surface area contributed by atoms with Gasteiger partial charge in [-0.1, -0.05) is 83.3 Å². The lowest BCUT2D eigenvalue weighted by Crippen LogP contribution is -2.50. The summed E-state index contributed by atoms with van der Waals surface area (Å²) in [6, 6.07) is 24.2. The monoisotopic (exact) mass is 584 g/mol. The summed E-state index contributed by atoms with van der Waals surface area (Å²) in [5, 5.41) is 3.70. The van der Waals surface area contributed by atoms with E-state index in [4.69, 9.17) is 16.3 Å². The number of halogens is 2. The molecule has 0 aliphatic rings. The number of carbonyl (C=O) groups excluding carboxylic acids is 2. The molecule has 0 unspecified atom stereocenters. The highest BCUT2D eigenvalue weighted by molar-refractivity contribution is 9.10. The van der Waals surface area contributed by atoms with Crippen molar-refractivity contribution in [2.45, 2.75) is 51.6 Å². The minimum absolute atomic E-state index is 0.0775. The molecule has 3 rings (SSSR count). The Morgan fingerprint density at radius 3 is 2.41 bits per heavy atom. The van der Waals surface area contributed by atoms with Crippen molar-refractivity contribution in [3.63, 3.8) is 0 Å². The van der Waals surface area contributed by atoms with Crippen LogP contribution in [-0.2, 0) is 22.6 Å². The van der Waals surface area contributed by atoms with Gasteiger partial charge in [0.25, 0.3) is 0 Å². The van der Waals surface area contributed by atoms with Crippen LogP contribution in [0.25, 0.3) is 0 Å². The Morgan fingerprint density at radius 2 is 1.70 bits per heavy atom. The van der Waals surface area contributed by atoms with Crippen molar-refractivity contribution in [2.24, 2.45) is 0 Å². The Labute approximate surface area is 233 Å². The van der Waals surface area contributed by atoms with Crippen molar-refractivity contribution >= 4 is 39.3 Å². The second kappa shape index (κ2) is 15.4. The first-order chi connectivity index (χ1) is 18.0. The summed E-state index contributed by atoms with van der Waals surface area (Å²) >= 11 is 9.46. The van der Waals surface area contributed by atoms with E-state index in [0.717, 1.165) is 28.4 Å². The fourth-order valence-corrected chi connectivity index (χ4v) is 4.55. The van der Waals surface area contributed by atoms with E-state index < -0.39 is 6.04 Å². The zero-order chi connectivity index (χ0) is 26.5. The van der Waals surface area contributed by atoms with Gasteiger partial charge >= 0.3 is 0 Å². The maximum absolute atomic E-state index is 13.6. The third kappa shape index (κ3) is 9.86. The van der Waals surface area contributed by atoms with Gasteiger partial charge in [-0.15, -0.1) is 0 Å². The van der Waals surface area contributed by atoms with Gasteiger partial charge in [-0.2, -0.15) is 0 Å². The first kappa shape index (κ1) is 28.7. The molecule has 0 heterocycles. The van der Waals surface area contributed by atoms with Crippen LogP contribution in [0.1, 0.15) is 43.7 Å². The van der Waals surface area contributed by atoms with E-state index in [1.54, 1.807) is 29.2 Å². The van der Waals surface area contributed by atoms with Crippen molar-refractivity contribution < 1.29 is 14.3 Å². The highest BCUT2D eigenvalue weighted by Gasteiger charge is 2.30. The SMILES string of the molecule is CCCCNC(=O)[C@@H](Cc1ccccc1)N(Cc1cccc(Br)c1)C(=O)CCCOc1ccc(Cl)cc1. The number of nitrogens with zero attached hydrogens (tertiary/aromatic N) is 1. The summed E-state index contributed by atoms with van der Waals surface area (Å²) in [6.45, 7) is 3.41. The summed E-state index contributed by atoms with van der Waals surface area (Å²) in [4.78, 5) is 28.8. The molecule has 0 saturated heterocycles. The molecular weight excluding hydrogens is 552 g/mol. The maximum atomic E-state index is 13.6. The van der Waals surface area contributed by atoms with Gasteiger partial charge in [-0.05, 0) is 60.4 Å². The Hall–Kier alpha value is -2.83. The molecule has 0 aliphatic heterocycles. The molecule has 0 spiro atoms. The summed E-state index contributed by atoms with van der Waals surface area (Å²) in [6.07, 6.45) is 3.13. The van der Waals surface area contributed by atoms with Crippen LogP contribution in [0.5, 0.6) is 5.75 Å². The summed E-state index contributed by atoms with van der Waals surface area (Å²) < 4.78 is 6.71. The minimum Gasteiger partial charge on any atom is -0.494 e. The molecule has 7 heteroatoms. The zero-order valence-electron chi connectivity index (χ0n) is 21.2. The van der Waals surface area contributed by atoms with Gasteiger partial charge in [0, 0.05) is 35.4 Å². The van der Waals surface area contributed by atoms with Crippen molar-refractivity contribution in [1.29, 1.82) is 0 Å². The highest BCUT2D eigenvalue weighted by atomic mass is 79.9. The number of rotatable bonds is 14. The van der Waals surface area contributed by atoms with E-state index in [9.17, 15) is 9.59 Å². The molecule has 0 bridgehead atoms. The van der Waals surface area contributed by atoms with Gasteiger partial charge in [0.05, 0.1) is 6.61 Å². The number of carbonyl (C=O) groups is 2. The van der Waals surface area contributed by atoms with Crippen molar-refractivity contribution in [1.82, 2.24) is 10.2 Å². The van der Waals surface area contributed by atoms with Crippen molar-refractivity contribution in [3.05, 3.63) is 99.5 Å². The first-order valence-corrected chi connectivity index (χ1v) is 13.9. The average Bonchev–Trinajstić information content (AvgIpc) is 2.90. The largest absolute Gasteiger partial charge is 0.494 e. The molecule has 196 valence electrons. The molecule has 1 N–H and O–H groups in total. The fourth-order valence-electron chi connectivity index (χ4n) is 3.98. The smallest absolute Gasteiger partial charge is 0.243 e. The predicted molar refractivity (Wildman–Crippen MR) is 153 cm³/mol. The van der Waals surface area contributed by atoms with Crippen LogP contribution >= 0.6 is 27.5 Å². The molecule has 0 aliphatic carbocycles. The van der Waals surface area contributed by atoms with E-state index in [1.165, 1.54) is 0 Å². The molecule has 0 saturated carbocycles. The number of nitrogens with one attached hydrogen (secondary N) is 1. The molecule has 0 aromatic heterocycles. The number of hydrogen-bond donors (Lipinski definition) is 1. The lowest BCUT2D eigenvalue weighted by molar-refractivity contribution is -0.141. The van der Waals surface area contributed by atoms with Gasteiger partial charge in [-0.25, -0.2) is 0 Å². The topological polar surface area (TPSA) is 58.6 Å². The Morgan fingerprint density at radius 1 is 0.973 bits per heavy atom. The average molecular weight is 586 g/mol. The van der Waals surface area contributed by atoms with Crippen LogP contribution in [0.15, 0.2) is 83.3 Å². The number of benzene rings is 3. The van der Waals surface area contributed by atoms with Crippen LogP contribution in [0, 0.1) is 0 Å². The fraction of sp³-hybridized carbons (Fsp3) is 0.333. The van der Waals surface area contributed by atoms with E-state index >= 15 is 0 Å². The van der Waals surface area contributed by atoms with Gasteiger partial charge in [0.15, 0.2) is 0 Å². The molecule has 3 aromatic carbocycles. The Balaban J connectivity index is 1.77. The van der Waals surface area contributed by atoms with E-state index in [-0.39, 0.29) is 18.2 Å². The number of unbranched alkanes of at least 4 members (excludes halogenated alkanes) is 1. The quantitative estimate of drug-likeness (QED) is 0.211. The van der Waals surface area contributed by atoms with Crippen LogP contribution in [0.2, 0.25) is 5.02 Å². The molecule has 2 amide bonds. The number of ether oxygens (including phenoxy) is 1. The normalized spacial score (nSPS) is 11.5. The molecule has 5 nitrogen and oxygen atoms in total. The number of amides is 2. The van der Waals surface area contributed by atoms with E-state index in [1.807, 2.05) is 54.6 Å². The molecular formula is C30H34BrClN2O3. The third-order valence-corrected chi connectivity index (χ3v) is 6.71. The second-order valence-corrected chi connectivity index (χ2v) is 10.3. The van der Waals surface area contributed by atoms with Crippen LogP contribution in [0.4, 0.5) is 0 Å². The standard InChI is InChI=1S/C30H34BrClN2O3/c1-2-3-18-33-30(36)28(21-23-9-5-4-6-10-23)34(22-24-11-7-12-25(31)20-24)29(35)13-8-19-37-27-16-14-26(32)15-17-27/h4-7,9-12,14-17,20,28H,2-3,8,13,18-19,21-22H2,1H3,(H,33,36)/t28-/m1/s1. The zero-order valence-corrected chi connectivity index (χ0v) is 23.5. The van der Waals surface area contributed by atoms with Gasteiger partial charge in [-0.3, -0.25) is 9.59 Å². The highest BCUT2D eigenvalue weighted by Crippen LogP contribution is 2.20. The van der Waals surface area contributed by atoms with Crippen LogP contribution < -0.4 is 10.1 Å². The molecule has 0 fully saturated rings. The summed E-state index contributed by atoms with van der Waals surface area (Å²) in [5.74, 6) is 0.504. The van der Waals surface area contributed by atoms with Crippen molar-refractivity contribution in [3.8, 4) is 5.75 Å². The molecule has 37 heavy (non-hydrogen) atoms. The lowest BCUT2D eigenvalue weighted by atomic mass is 10.0. The molecule has 0 radical (unpaired) electrons. The minimum atomic E-state index is -0.622. The Bertz CT molecular complexity index is 1130. The molecule has 3 aromatic rings. The predicted octanol–water partition coefficient (Wildman–Crippen LogP) is 6.82. The maximum Gasteiger partial charge on any atom is 0.243 e. The first-order valence-electron chi connectivity index (χ1n) is 12.7. The van der Waals surface area contributed by atoms with E-state index in [0.29, 0.717) is 43.3 Å². The molecule has 1 atom stereocenters. The lowest BCUT2D eigenvalue weighted by Gasteiger charge is -2.31. The van der Waals surface area contributed by atoms with Crippen molar-refractivity contribution in [2.75, 3.05) is 13.2 Å². The van der Waals surface area contributed by atoms with Gasteiger partial charge in [0.2, 0.25) is 11.8 Å². The van der Waals surface area contributed by atoms with Crippen LogP contribution in [-0.4, -0.2) is 35.9 Å². The number of hydrogen-bond acceptors (Lipinski definition) is 3. The summed E-state index contributed by atoms with van der Waals surface area (Å²) in [7, 11) is 0. The third-order valence-electron chi connectivity index (χ3n) is 5.96. The van der Waals surface area contributed by atoms with Gasteiger partial charge < -0.3 is 15.0 Å². The van der Waals surface area contributed by atoms with Crippen LogP contribution in [0.3, 0.4) is 0 Å².